The van der Waals surface area contributed by atoms with Gasteiger partial charge in [-0.2, -0.15) is 0 Å². The molecular weight excluding hydrogens is 239 g/mol. The normalized spacial score (nSPS) is 12.2. The molecule has 2 nitrogen and oxygen atoms in total. The zero-order valence-corrected chi connectivity index (χ0v) is 11.3. The van der Waals surface area contributed by atoms with Crippen molar-refractivity contribution in [1.29, 1.82) is 0 Å². The van der Waals surface area contributed by atoms with Crippen LogP contribution in [0.4, 0.5) is 10.1 Å². The molecular formula is C16H19FN2. The van der Waals surface area contributed by atoms with E-state index in [1.165, 1.54) is 11.6 Å². The topological polar surface area (TPSA) is 38.0 Å². The Morgan fingerprint density at radius 1 is 1.16 bits per heavy atom. The Morgan fingerprint density at radius 2 is 1.95 bits per heavy atom. The monoisotopic (exact) mass is 258 g/mol. The second-order valence-corrected chi connectivity index (χ2v) is 4.81. The molecule has 0 spiro atoms. The van der Waals surface area contributed by atoms with Gasteiger partial charge in [-0.1, -0.05) is 24.3 Å². The van der Waals surface area contributed by atoms with Crippen LogP contribution in [0.15, 0.2) is 42.5 Å². The average Bonchev–Trinajstić information content (AvgIpc) is 2.39. The van der Waals surface area contributed by atoms with Gasteiger partial charge in [-0.15, -0.1) is 0 Å². The molecule has 0 amide bonds. The molecule has 0 saturated carbocycles. The van der Waals surface area contributed by atoms with Gasteiger partial charge < -0.3 is 11.1 Å². The smallest absolute Gasteiger partial charge is 0.126 e. The molecule has 0 heterocycles. The molecule has 1 atom stereocenters. The van der Waals surface area contributed by atoms with Crippen molar-refractivity contribution in [2.75, 3.05) is 11.9 Å². The van der Waals surface area contributed by atoms with E-state index in [1.54, 1.807) is 13.0 Å². The molecule has 0 radical (unpaired) electrons. The first-order valence-corrected chi connectivity index (χ1v) is 6.39. The van der Waals surface area contributed by atoms with Crippen LogP contribution in [-0.2, 0) is 0 Å². The van der Waals surface area contributed by atoms with Crippen LogP contribution in [0.25, 0.3) is 0 Å². The third kappa shape index (κ3) is 3.32. The van der Waals surface area contributed by atoms with Crippen molar-refractivity contribution in [2.24, 2.45) is 5.73 Å². The van der Waals surface area contributed by atoms with Crippen molar-refractivity contribution in [2.45, 2.75) is 19.9 Å². The van der Waals surface area contributed by atoms with E-state index < -0.39 is 0 Å². The number of benzene rings is 2. The van der Waals surface area contributed by atoms with Gasteiger partial charge in [0.05, 0.1) is 6.04 Å². The van der Waals surface area contributed by atoms with Gasteiger partial charge in [0.2, 0.25) is 0 Å². The second-order valence-electron chi connectivity index (χ2n) is 4.81. The van der Waals surface area contributed by atoms with Crippen LogP contribution in [0, 0.1) is 19.7 Å². The third-order valence-corrected chi connectivity index (χ3v) is 3.18. The molecule has 0 aliphatic carbocycles. The molecule has 0 fully saturated rings. The van der Waals surface area contributed by atoms with Crippen LogP contribution in [-0.4, -0.2) is 6.54 Å². The van der Waals surface area contributed by atoms with Gasteiger partial charge in [-0.25, -0.2) is 4.39 Å². The fourth-order valence-electron chi connectivity index (χ4n) is 2.10. The Kier molecular flexibility index (Phi) is 4.17. The predicted molar refractivity (Wildman–Crippen MR) is 77.7 cm³/mol. The largest absolute Gasteiger partial charge is 0.377 e. The molecule has 2 aromatic carbocycles. The maximum absolute atomic E-state index is 13.3. The Balaban J connectivity index is 2.22. The summed E-state index contributed by atoms with van der Waals surface area (Å²) < 4.78 is 13.3. The minimum atomic E-state index is -0.185. The van der Waals surface area contributed by atoms with Gasteiger partial charge in [0, 0.05) is 12.2 Å². The zero-order chi connectivity index (χ0) is 13.8. The lowest BCUT2D eigenvalue weighted by Crippen LogP contribution is -2.20. The molecule has 3 N–H and O–H groups in total. The third-order valence-electron chi connectivity index (χ3n) is 3.18. The molecule has 2 rings (SSSR count). The first-order valence-electron chi connectivity index (χ1n) is 6.39. The molecule has 3 heteroatoms. The highest BCUT2D eigenvalue weighted by Crippen LogP contribution is 2.21. The molecule has 0 bridgehead atoms. The molecule has 0 aromatic heterocycles. The van der Waals surface area contributed by atoms with Gasteiger partial charge >= 0.3 is 0 Å². The number of anilines is 1. The lowest BCUT2D eigenvalue weighted by molar-refractivity contribution is 0.616. The molecule has 0 aliphatic rings. The first kappa shape index (κ1) is 13.6. The van der Waals surface area contributed by atoms with Gasteiger partial charge in [-0.05, 0) is 48.7 Å². The minimum absolute atomic E-state index is 0.0129. The fourth-order valence-corrected chi connectivity index (χ4v) is 2.10. The van der Waals surface area contributed by atoms with Crippen molar-refractivity contribution in [1.82, 2.24) is 0 Å². The first-order chi connectivity index (χ1) is 9.10. The second kappa shape index (κ2) is 5.85. The van der Waals surface area contributed by atoms with Crippen LogP contribution >= 0.6 is 0 Å². The van der Waals surface area contributed by atoms with Crippen molar-refractivity contribution in [3.05, 3.63) is 65.0 Å². The van der Waals surface area contributed by atoms with Crippen molar-refractivity contribution < 1.29 is 4.39 Å². The molecule has 0 saturated heterocycles. The fraction of sp³-hybridized carbons (Fsp3) is 0.250. The molecule has 1 unspecified atom stereocenters. The molecule has 100 valence electrons. The number of hydrogen-bond donors (Lipinski definition) is 2. The van der Waals surface area contributed by atoms with Crippen molar-refractivity contribution in [3.63, 3.8) is 0 Å². The maximum Gasteiger partial charge on any atom is 0.126 e. The lowest BCUT2D eigenvalue weighted by Gasteiger charge is -2.19. The van der Waals surface area contributed by atoms with Crippen molar-refractivity contribution >= 4 is 5.69 Å². The van der Waals surface area contributed by atoms with Crippen LogP contribution in [0.2, 0.25) is 0 Å². The summed E-state index contributed by atoms with van der Waals surface area (Å²) in [7, 11) is 0. The highest BCUT2D eigenvalue weighted by Gasteiger charge is 2.11. The van der Waals surface area contributed by atoms with E-state index in [9.17, 15) is 4.39 Å². The summed E-state index contributed by atoms with van der Waals surface area (Å²) in [6.45, 7) is 4.27. The van der Waals surface area contributed by atoms with Crippen LogP contribution < -0.4 is 11.1 Å². The van der Waals surface area contributed by atoms with E-state index >= 15 is 0 Å². The summed E-state index contributed by atoms with van der Waals surface area (Å²) in [5, 5.41) is 3.39. The Morgan fingerprint density at radius 3 is 2.58 bits per heavy atom. The van der Waals surface area contributed by atoms with E-state index in [4.69, 9.17) is 5.73 Å². The van der Waals surface area contributed by atoms with E-state index in [0.29, 0.717) is 12.1 Å². The Bertz CT molecular complexity index is 566. The summed E-state index contributed by atoms with van der Waals surface area (Å²) in [5.74, 6) is -0.185. The summed E-state index contributed by atoms with van der Waals surface area (Å²) in [5.41, 5.74) is 9.68. The van der Waals surface area contributed by atoms with Gasteiger partial charge in [0.1, 0.15) is 5.82 Å². The average molecular weight is 258 g/mol. The standard InChI is InChI=1S/C16H19FN2/c1-11-4-3-5-14(8-11)19-16(10-18)13-6-7-15(17)12(2)9-13/h3-9,16,19H,10,18H2,1-2H3. The van der Waals surface area contributed by atoms with Gasteiger partial charge in [0.15, 0.2) is 0 Å². The molecule has 0 aliphatic heterocycles. The maximum atomic E-state index is 13.3. The predicted octanol–water partition coefficient (Wildman–Crippen LogP) is 3.55. The van der Waals surface area contributed by atoms with Crippen LogP contribution in [0.5, 0.6) is 0 Å². The number of nitrogens with one attached hydrogen (secondary N) is 1. The summed E-state index contributed by atoms with van der Waals surface area (Å²) >= 11 is 0. The summed E-state index contributed by atoms with van der Waals surface area (Å²) in [4.78, 5) is 0. The zero-order valence-electron chi connectivity index (χ0n) is 11.3. The van der Waals surface area contributed by atoms with E-state index in [2.05, 4.69) is 11.4 Å². The number of halogens is 1. The highest BCUT2D eigenvalue weighted by molar-refractivity contribution is 5.48. The summed E-state index contributed by atoms with van der Waals surface area (Å²) in [6.07, 6.45) is 0. The van der Waals surface area contributed by atoms with Gasteiger partial charge in [0.25, 0.3) is 0 Å². The van der Waals surface area contributed by atoms with Crippen molar-refractivity contribution in [3.8, 4) is 0 Å². The number of aryl methyl sites for hydroxylation is 2. The minimum Gasteiger partial charge on any atom is -0.377 e. The van der Waals surface area contributed by atoms with E-state index in [-0.39, 0.29) is 11.9 Å². The number of rotatable bonds is 4. The number of hydrogen-bond acceptors (Lipinski definition) is 2. The van der Waals surface area contributed by atoms with Crippen LogP contribution in [0.3, 0.4) is 0 Å². The molecule has 2 aromatic rings. The Hall–Kier alpha value is -1.87. The Labute approximate surface area is 113 Å². The highest BCUT2D eigenvalue weighted by atomic mass is 19.1. The number of nitrogens with two attached hydrogens (primary N) is 1. The summed E-state index contributed by atoms with van der Waals surface area (Å²) in [6, 6.07) is 13.2. The SMILES string of the molecule is Cc1cccc(NC(CN)c2ccc(F)c(C)c2)c1. The lowest BCUT2D eigenvalue weighted by atomic mass is 10.0. The van der Waals surface area contributed by atoms with Crippen LogP contribution in [0.1, 0.15) is 22.7 Å². The quantitative estimate of drug-likeness (QED) is 0.880. The molecule has 19 heavy (non-hydrogen) atoms. The van der Waals surface area contributed by atoms with E-state index in [0.717, 1.165) is 11.3 Å². The van der Waals surface area contributed by atoms with E-state index in [1.807, 2.05) is 31.2 Å². The van der Waals surface area contributed by atoms with Gasteiger partial charge in [-0.3, -0.25) is 0 Å².